The number of nitrogens with two attached hydrogens (primary N) is 1. The fourth-order valence-corrected chi connectivity index (χ4v) is 1.16. The molecule has 1 aromatic rings. The van der Waals surface area contributed by atoms with E-state index in [2.05, 4.69) is 0 Å². The van der Waals surface area contributed by atoms with E-state index >= 15 is 0 Å². The quantitative estimate of drug-likeness (QED) is 0.761. The molecule has 1 aromatic carbocycles. The number of hydrogen-bond donors (Lipinski definition) is 2. The maximum absolute atomic E-state index is 12.3. The molecule has 0 aliphatic carbocycles. The van der Waals surface area contributed by atoms with Crippen LogP contribution in [0.5, 0.6) is 5.75 Å². The Morgan fingerprint density at radius 1 is 1.06 bits per heavy atom. The van der Waals surface area contributed by atoms with E-state index in [0.29, 0.717) is 12.1 Å². The smallest absolute Gasteiger partial charge is 0.419 e. The van der Waals surface area contributed by atoms with Gasteiger partial charge in [-0.25, -0.2) is 0 Å². The average Bonchev–Trinajstić information content (AvgIpc) is 2.14. The maximum Gasteiger partial charge on any atom is 0.419 e. The lowest BCUT2D eigenvalue weighted by atomic mass is 10.0. The highest BCUT2D eigenvalue weighted by Gasteiger charge is 2.40. The number of alkyl halides is 6. The zero-order chi connectivity index (χ0) is 13.4. The fraction of sp³-hybridized carbons (Fsp3) is 0.333. The number of aromatic hydroxyl groups is 1. The second kappa shape index (κ2) is 4.10. The summed E-state index contributed by atoms with van der Waals surface area (Å²) in [5, 5.41) is 8.91. The SMILES string of the molecule is N[C@H](c1ccc(O)c(C(F)(F)F)c1)C(F)(F)F. The van der Waals surface area contributed by atoms with Gasteiger partial charge in [0.05, 0.1) is 5.56 Å². The lowest BCUT2D eigenvalue weighted by molar-refractivity contribution is -0.150. The van der Waals surface area contributed by atoms with Crippen molar-refractivity contribution in [2.24, 2.45) is 5.73 Å². The lowest BCUT2D eigenvalue weighted by Gasteiger charge is -2.18. The summed E-state index contributed by atoms with van der Waals surface area (Å²) in [6.07, 6.45) is -9.79. The fourth-order valence-electron chi connectivity index (χ4n) is 1.16. The molecule has 0 fully saturated rings. The molecule has 0 unspecified atom stereocenters. The Bertz CT molecular complexity index is 411. The van der Waals surface area contributed by atoms with Crippen LogP contribution < -0.4 is 5.73 Å². The topological polar surface area (TPSA) is 46.2 Å². The van der Waals surface area contributed by atoms with Crippen molar-refractivity contribution in [3.05, 3.63) is 29.3 Å². The molecule has 0 saturated carbocycles. The van der Waals surface area contributed by atoms with Gasteiger partial charge >= 0.3 is 12.4 Å². The van der Waals surface area contributed by atoms with E-state index in [9.17, 15) is 26.3 Å². The second-order valence-corrected chi connectivity index (χ2v) is 3.29. The van der Waals surface area contributed by atoms with Gasteiger partial charge in [0.1, 0.15) is 11.8 Å². The van der Waals surface area contributed by atoms with E-state index in [0.717, 1.165) is 0 Å². The minimum atomic E-state index is -4.94. The number of benzene rings is 1. The molecule has 1 rings (SSSR count). The Morgan fingerprint density at radius 2 is 1.59 bits per heavy atom. The third-order valence-electron chi connectivity index (χ3n) is 2.04. The Kier molecular flexibility index (Phi) is 3.28. The summed E-state index contributed by atoms with van der Waals surface area (Å²) in [6.45, 7) is 0. The van der Waals surface area contributed by atoms with E-state index in [1.54, 1.807) is 0 Å². The Balaban J connectivity index is 3.23. The van der Waals surface area contributed by atoms with Crippen molar-refractivity contribution in [1.82, 2.24) is 0 Å². The first-order valence-corrected chi connectivity index (χ1v) is 4.26. The van der Waals surface area contributed by atoms with Crippen LogP contribution >= 0.6 is 0 Å². The maximum atomic E-state index is 12.3. The first kappa shape index (κ1) is 13.6. The van der Waals surface area contributed by atoms with Crippen LogP contribution in [-0.4, -0.2) is 11.3 Å². The number of rotatable bonds is 1. The van der Waals surface area contributed by atoms with Gasteiger partial charge < -0.3 is 10.8 Å². The van der Waals surface area contributed by atoms with E-state index in [4.69, 9.17) is 10.8 Å². The van der Waals surface area contributed by atoms with Crippen molar-refractivity contribution in [3.8, 4) is 5.75 Å². The van der Waals surface area contributed by atoms with Crippen LogP contribution in [0.2, 0.25) is 0 Å². The third kappa shape index (κ3) is 3.02. The van der Waals surface area contributed by atoms with Crippen LogP contribution in [0.1, 0.15) is 17.2 Å². The molecular formula is C9H7F6NO. The highest BCUT2D eigenvalue weighted by Crippen LogP contribution is 2.39. The first-order chi connectivity index (χ1) is 7.53. The molecule has 0 heterocycles. The molecule has 0 aliphatic rings. The third-order valence-corrected chi connectivity index (χ3v) is 2.04. The molecule has 0 radical (unpaired) electrons. The molecule has 3 N–H and O–H groups in total. The van der Waals surface area contributed by atoms with Crippen LogP contribution in [0.25, 0.3) is 0 Å². The lowest BCUT2D eigenvalue weighted by Crippen LogP contribution is -2.28. The first-order valence-electron chi connectivity index (χ1n) is 4.26. The van der Waals surface area contributed by atoms with Crippen LogP contribution in [0, 0.1) is 0 Å². The summed E-state index contributed by atoms with van der Waals surface area (Å²) >= 11 is 0. The molecule has 1 atom stereocenters. The molecule has 17 heavy (non-hydrogen) atoms. The van der Waals surface area contributed by atoms with Gasteiger partial charge in [0, 0.05) is 0 Å². The van der Waals surface area contributed by atoms with E-state index < -0.39 is 35.3 Å². The van der Waals surface area contributed by atoms with Gasteiger partial charge in [-0.1, -0.05) is 6.07 Å². The Hall–Kier alpha value is -1.44. The molecule has 2 nitrogen and oxygen atoms in total. The normalized spacial score (nSPS) is 14.8. The highest BCUT2D eigenvalue weighted by molar-refractivity contribution is 5.39. The van der Waals surface area contributed by atoms with Crippen molar-refractivity contribution in [1.29, 1.82) is 0 Å². The van der Waals surface area contributed by atoms with Crippen LogP contribution in [0.15, 0.2) is 18.2 Å². The van der Waals surface area contributed by atoms with E-state index in [-0.39, 0.29) is 6.07 Å². The van der Waals surface area contributed by atoms with E-state index in [1.165, 1.54) is 0 Å². The van der Waals surface area contributed by atoms with Crippen molar-refractivity contribution in [3.63, 3.8) is 0 Å². The van der Waals surface area contributed by atoms with Crippen molar-refractivity contribution >= 4 is 0 Å². The molecule has 0 spiro atoms. The molecule has 8 heteroatoms. The zero-order valence-electron chi connectivity index (χ0n) is 8.10. The van der Waals surface area contributed by atoms with Crippen LogP contribution in [0.4, 0.5) is 26.3 Å². The molecule has 96 valence electrons. The van der Waals surface area contributed by atoms with Crippen molar-refractivity contribution in [2.45, 2.75) is 18.4 Å². The van der Waals surface area contributed by atoms with Crippen LogP contribution in [0.3, 0.4) is 0 Å². The molecule has 0 saturated heterocycles. The van der Waals surface area contributed by atoms with Gasteiger partial charge in [0.15, 0.2) is 0 Å². The predicted molar refractivity (Wildman–Crippen MR) is 46.1 cm³/mol. The molecule has 0 amide bonds. The number of phenols is 1. The standard InChI is InChI=1S/C9H7F6NO/c10-8(11,12)5-3-4(1-2-6(5)17)7(16)9(13,14)15/h1-3,7,17H,16H2/t7-/m1/s1. The summed E-state index contributed by atoms with van der Waals surface area (Å²) in [5.74, 6) is -1.14. The van der Waals surface area contributed by atoms with Gasteiger partial charge in [-0.15, -0.1) is 0 Å². The summed E-state index contributed by atoms with van der Waals surface area (Å²) < 4.78 is 73.5. The van der Waals surface area contributed by atoms with Gasteiger partial charge in [0.2, 0.25) is 0 Å². The average molecular weight is 259 g/mol. The Morgan fingerprint density at radius 3 is 2.00 bits per heavy atom. The predicted octanol–water partition coefficient (Wildman–Crippen LogP) is 2.97. The van der Waals surface area contributed by atoms with Gasteiger partial charge in [-0.3, -0.25) is 0 Å². The highest BCUT2D eigenvalue weighted by atomic mass is 19.4. The van der Waals surface area contributed by atoms with Gasteiger partial charge in [0.25, 0.3) is 0 Å². The zero-order valence-corrected chi connectivity index (χ0v) is 8.10. The molecule has 0 aromatic heterocycles. The molecular weight excluding hydrogens is 252 g/mol. The molecule has 0 aliphatic heterocycles. The number of hydrogen-bond acceptors (Lipinski definition) is 2. The second-order valence-electron chi connectivity index (χ2n) is 3.29. The van der Waals surface area contributed by atoms with E-state index in [1.807, 2.05) is 0 Å². The largest absolute Gasteiger partial charge is 0.507 e. The van der Waals surface area contributed by atoms with Gasteiger partial charge in [-0.2, -0.15) is 26.3 Å². The van der Waals surface area contributed by atoms with Crippen molar-refractivity contribution < 1.29 is 31.4 Å². The Labute approximate surface area is 91.7 Å². The minimum absolute atomic E-state index is 0.188. The summed E-state index contributed by atoms with van der Waals surface area (Å²) in [7, 11) is 0. The van der Waals surface area contributed by atoms with Crippen molar-refractivity contribution in [2.75, 3.05) is 0 Å². The van der Waals surface area contributed by atoms with Crippen LogP contribution in [-0.2, 0) is 6.18 Å². The molecule has 0 bridgehead atoms. The minimum Gasteiger partial charge on any atom is -0.507 e. The monoisotopic (exact) mass is 259 g/mol. The number of halogens is 6. The summed E-state index contributed by atoms with van der Waals surface area (Å²) in [4.78, 5) is 0. The number of phenolic OH excluding ortho intramolecular Hbond substituents is 1. The summed E-state index contributed by atoms with van der Waals surface area (Å²) in [6, 6.07) is -1.11. The summed E-state index contributed by atoms with van der Waals surface area (Å²) in [5.41, 5.74) is 2.45. The van der Waals surface area contributed by atoms with Gasteiger partial charge in [-0.05, 0) is 17.7 Å².